The van der Waals surface area contributed by atoms with Crippen LogP contribution in [0.1, 0.15) is 37.9 Å². The Hall–Kier alpha value is -2.34. The second-order valence-electron chi connectivity index (χ2n) is 7.13. The van der Waals surface area contributed by atoms with Gasteiger partial charge in [-0.05, 0) is 45.4 Å². The number of benzene rings is 1. The smallest absolute Gasteiger partial charge is 0.317 e. The van der Waals surface area contributed by atoms with Gasteiger partial charge < -0.3 is 14.4 Å². The number of hydrogen-bond acceptors (Lipinski definition) is 4. The van der Waals surface area contributed by atoms with Crippen LogP contribution in [0.25, 0.3) is 11.0 Å². The van der Waals surface area contributed by atoms with E-state index in [2.05, 4.69) is 0 Å². The van der Waals surface area contributed by atoms with Gasteiger partial charge in [0.2, 0.25) is 5.91 Å². The molecule has 2 aromatic rings. The molecule has 3 rings (SSSR count). The van der Waals surface area contributed by atoms with Crippen LogP contribution < -0.4 is 0 Å². The Kier molecular flexibility index (Phi) is 5.61. The lowest BCUT2D eigenvalue weighted by atomic mass is 10.1. The van der Waals surface area contributed by atoms with Crippen LogP contribution in [0.15, 0.2) is 34.7 Å². The van der Waals surface area contributed by atoms with E-state index < -0.39 is 5.97 Å². The number of carboxylic acid groups (broad SMARTS) is 1. The van der Waals surface area contributed by atoms with Gasteiger partial charge in [-0.3, -0.25) is 14.5 Å². The third-order valence-electron chi connectivity index (χ3n) is 5.26. The monoisotopic (exact) mass is 358 g/mol. The fraction of sp³-hybridized carbons (Fsp3) is 0.500. The fourth-order valence-corrected chi connectivity index (χ4v) is 3.69. The number of carbonyl (C=O) groups is 2. The molecular weight excluding hydrogens is 332 g/mol. The van der Waals surface area contributed by atoms with Crippen molar-refractivity contribution in [1.82, 2.24) is 9.80 Å². The van der Waals surface area contributed by atoms with Gasteiger partial charge in [-0.2, -0.15) is 0 Å². The second-order valence-corrected chi connectivity index (χ2v) is 7.13. The van der Waals surface area contributed by atoms with Crippen molar-refractivity contribution in [3.63, 3.8) is 0 Å². The Morgan fingerprint density at radius 3 is 2.81 bits per heavy atom. The largest absolute Gasteiger partial charge is 0.480 e. The fourth-order valence-electron chi connectivity index (χ4n) is 3.69. The summed E-state index contributed by atoms with van der Waals surface area (Å²) in [4.78, 5) is 27.6. The highest BCUT2D eigenvalue weighted by Gasteiger charge is 2.28. The van der Waals surface area contributed by atoms with E-state index in [9.17, 15) is 9.59 Å². The molecule has 2 heterocycles. The van der Waals surface area contributed by atoms with Gasteiger partial charge >= 0.3 is 5.97 Å². The van der Waals surface area contributed by atoms with E-state index >= 15 is 0 Å². The zero-order chi connectivity index (χ0) is 18.7. The highest BCUT2D eigenvalue weighted by atomic mass is 16.4. The minimum atomic E-state index is -0.816. The maximum Gasteiger partial charge on any atom is 0.317 e. The molecule has 2 atom stereocenters. The molecule has 2 unspecified atom stereocenters. The third kappa shape index (κ3) is 4.07. The zero-order valence-corrected chi connectivity index (χ0v) is 15.4. The van der Waals surface area contributed by atoms with Gasteiger partial charge in [0.25, 0.3) is 0 Å². The summed E-state index contributed by atoms with van der Waals surface area (Å²) in [6.45, 7) is 3.28. The molecule has 26 heavy (non-hydrogen) atoms. The van der Waals surface area contributed by atoms with Crippen LogP contribution in [0.2, 0.25) is 0 Å². The molecule has 0 aliphatic carbocycles. The molecule has 0 radical (unpaired) electrons. The number of amides is 1. The molecule has 1 aromatic heterocycles. The first kappa shape index (κ1) is 18.5. The number of likely N-dealkylation sites (tertiary alicyclic amines) is 1. The molecular formula is C20H26N2O4. The molecule has 1 aliphatic heterocycles. The van der Waals surface area contributed by atoms with E-state index in [4.69, 9.17) is 9.52 Å². The molecule has 1 saturated heterocycles. The maximum atomic E-state index is 12.9. The van der Waals surface area contributed by atoms with Crippen LogP contribution in [-0.2, 0) is 9.59 Å². The quantitative estimate of drug-likeness (QED) is 0.889. The summed E-state index contributed by atoms with van der Waals surface area (Å²) in [6.07, 6.45) is 2.59. The van der Waals surface area contributed by atoms with E-state index in [0.717, 1.165) is 30.2 Å². The predicted molar refractivity (Wildman–Crippen MR) is 99.1 cm³/mol. The topological polar surface area (TPSA) is 74.0 Å². The highest BCUT2D eigenvalue weighted by Crippen LogP contribution is 2.27. The first-order chi connectivity index (χ1) is 12.5. The molecule has 0 saturated carbocycles. The average Bonchev–Trinajstić information content (AvgIpc) is 2.89. The number of rotatable bonds is 5. The number of furan rings is 1. The van der Waals surface area contributed by atoms with Gasteiger partial charge in [0.1, 0.15) is 11.3 Å². The van der Waals surface area contributed by atoms with Crippen molar-refractivity contribution in [2.45, 2.75) is 38.1 Å². The molecule has 6 nitrogen and oxygen atoms in total. The second kappa shape index (κ2) is 7.91. The molecule has 0 spiro atoms. The molecule has 1 fully saturated rings. The van der Waals surface area contributed by atoms with E-state index in [1.807, 2.05) is 54.1 Å². The van der Waals surface area contributed by atoms with Crippen LogP contribution in [0, 0.1) is 0 Å². The summed E-state index contributed by atoms with van der Waals surface area (Å²) in [5.41, 5.74) is 0.799. The van der Waals surface area contributed by atoms with Gasteiger partial charge in [-0.15, -0.1) is 0 Å². The van der Waals surface area contributed by atoms with Gasteiger partial charge in [-0.25, -0.2) is 0 Å². The number of aliphatic carboxylic acids is 1. The Morgan fingerprint density at radius 1 is 1.31 bits per heavy atom. The molecule has 1 aliphatic rings. The van der Waals surface area contributed by atoms with Crippen molar-refractivity contribution in [1.29, 1.82) is 0 Å². The number of para-hydroxylation sites is 1. The van der Waals surface area contributed by atoms with Crippen LogP contribution in [-0.4, -0.2) is 59.5 Å². The predicted octanol–water partition coefficient (Wildman–Crippen LogP) is 2.93. The van der Waals surface area contributed by atoms with Crippen LogP contribution in [0.5, 0.6) is 0 Å². The minimum Gasteiger partial charge on any atom is -0.480 e. The SMILES string of the molecule is CC(C(=O)N1CCCC(N(C)CC(=O)O)CC1)c1cc2ccccc2o1. The molecule has 140 valence electrons. The lowest BCUT2D eigenvalue weighted by Gasteiger charge is -2.26. The van der Waals surface area contributed by atoms with E-state index in [-0.39, 0.29) is 24.4 Å². The van der Waals surface area contributed by atoms with E-state index in [0.29, 0.717) is 18.8 Å². The van der Waals surface area contributed by atoms with Crippen molar-refractivity contribution in [3.05, 3.63) is 36.1 Å². The normalized spacial score (nSPS) is 19.5. The lowest BCUT2D eigenvalue weighted by molar-refractivity contribution is -0.138. The Labute approximate surface area is 153 Å². The van der Waals surface area contributed by atoms with Crippen LogP contribution in [0.4, 0.5) is 0 Å². The number of carbonyl (C=O) groups excluding carboxylic acids is 1. The van der Waals surface area contributed by atoms with Crippen LogP contribution in [0.3, 0.4) is 0 Å². The van der Waals surface area contributed by atoms with Crippen molar-refractivity contribution in [2.24, 2.45) is 0 Å². The standard InChI is InChI=1S/C20H26N2O4/c1-14(18-12-15-6-3-4-8-17(15)26-18)20(25)22-10-5-7-16(9-11-22)21(2)13-19(23)24/h3-4,6,8,12,14,16H,5,7,9-11,13H2,1-2H3,(H,23,24). The summed E-state index contributed by atoms with van der Waals surface area (Å²) in [6, 6.07) is 9.91. The van der Waals surface area contributed by atoms with Gasteiger partial charge in [0, 0.05) is 24.5 Å². The van der Waals surface area contributed by atoms with Gasteiger partial charge in [-0.1, -0.05) is 18.2 Å². The number of nitrogens with zero attached hydrogens (tertiary/aromatic N) is 2. The summed E-state index contributed by atoms with van der Waals surface area (Å²) in [5.74, 6) is -0.371. The molecule has 1 amide bonds. The summed E-state index contributed by atoms with van der Waals surface area (Å²) in [7, 11) is 1.84. The van der Waals surface area contributed by atoms with Crippen molar-refractivity contribution < 1.29 is 19.1 Å². The number of likely N-dealkylation sites (N-methyl/N-ethyl adjacent to an activating group) is 1. The molecule has 1 N–H and O–H groups in total. The van der Waals surface area contributed by atoms with Gasteiger partial charge in [0.15, 0.2) is 0 Å². The van der Waals surface area contributed by atoms with Crippen molar-refractivity contribution >= 4 is 22.8 Å². The maximum absolute atomic E-state index is 12.9. The first-order valence-corrected chi connectivity index (χ1v) is 9.15. The number of carboxylic acids is 1. The molecule has 0 bridgehead atoms. The lowest BCUT2D eigenvalue weighted by Crippen LogP contribution is -2.38. The summed E-state index contributed by atoms with van der Waals surface area (Å²) >= 11 is 0. The molecule has 6 heteroatoms. The third-order valence-corrected chi connectivity index (χ3v) is 5.26. The first-order valence-electron chi connectivity index (χ1n) is 9.15. The summed E-state index contributed by atoms with van der Waals surface area (Å²) in [5, 5.41) is 9.97. The Balaban J connectivity index is 1.64. The highest BCUT2D eigenvalue weighted by molar-refractivity contribution is 5.85. The van der Waals surface area contributed by atoms with Gasteiger partial charge in [0.05, 0.1) is 12.5 Å². The van der Waals surface area contributed by atoms with E-state index in [1.54, 1.807) is 0 Å². The summed E-state index contributed by atoms with van der Waals surface area (Å²) < 4.78 is 5.86. The number of hydrogen-bond donors (Lipinski definition) is 1. The zero-order valence-electron chi connectivity index (χ0n) is 15.4. The molecule has 1 aromatic carbocycles. The average molecular weight is 358 g/mol. The van der Waals surface area contributed by atoms with Crippen molar-refractivity contribution in [2.75, 3.05) is 26.7 Å². The Bertz CT molecular complexity index is 752. The van der Waals surface area contributed by atoms with Crippen LogP contribution >= 0.6 is 0 Å². The van der Waals surface area contributed by atoms with E-state index in [1.165, 1.54) is 0 Å². The Morgan fingerprint density at radius 2 is 2.08 bits per heavy atom. The van der Waals surface area contributed by atoms with Crippen molar-refractivity contribution in [3.8, 4) is 0 Å². The number of fused-ring (bicyclic) bond motifs is 1. The minimum absolute atomic E-state index is 0.0357.